The summed E-state index contributed by atoms with van der Waals surface area (Å²) in [6.45, 7) is 0. The van der Waals surface area contributed by atoms with Gasteiger partial charge in [0.05, 0.1) is 0 Å². The van der Waals surface area contributed by atoms with Gasteiger partial charge in [0, 0.05) is 22.2 Å². The molecule has 3 N–H and O–H groups in total. The Morgan fingerprint density at radius 1 is 0.679 bits per heavy atom. The zero-order valence-electron chi connectivity index (χ0n) is 14.3. The molecular formula is C20H14N2O5S. The van der Waals surface area contributed by atoms with Crippen molar-refractivity contribution in [1.82, 2.24) is 0 Å². The Morgan fingerprint density at radius 3 is 1.93 bits per heavy atom. The molecule has 0 spiro atoms. The lowest BCUT2D eigenvalue weighted by Crippen LogP contribution is -1.99. The highest BCUT2D eigenvalue weighted by molar-refractivity contribution is 7.86. The lowest BCUT2D eigenvalue weighted by atomic mass is 10.1. The Bertz CT molecular complexity index is 1360. The molecule has 0 unspecified atom stereocenters. The molecule has 0 bridgehead atoms. The summed E-state index contributed by atoms with van der Waals surface area (Å²) in [5.74, 6) is -0.546. The number of hydrogen-bond acceptors (Lipinski definition) is 6. The summed E-state index contributed by atoms with van der Waals surface area (Å²) in [7, 11) is -4.54. The molecule has 0 heterocycles. The van der Waals surface area contributed by atoms with Crippen LogP contribution in [-0.4, -0.2) is 23.2 Å². The number of phenolic OH excluding ortho intramolecular Hbond substituents is 2. The molecule has 0 aromatic heterocycles. The number of fused-ring (bicyclic) bond motifs is 2. The number of aromatic hydroxyl groups is 2. The van der Waals surface area contributed by atoms with Gasteiger partial charge in [-0.05, 0) is 11.5 Å². The van der Waals surface area contributed by atoms with E-state index < -0.39 is 20.8 Å². The largest absolute Gasteiger partial charge is 0.506 e. The number of hydrogen-bond donors (Lipinski definition) is 3. The van der Waals surface area contributed by atoms with E-state index in [1.165, 1.54) is 12.1 Å². The van der Waals surface area contributed by atoms with Crippen LogP contribution in [0, 0.1) is 0 Å². The van der Waals surface area contributed by atoms with Crippen molar-refractivity contribution in [3.05, 3.63) is 66.7 Å². The van der Waals surface area contributed by atoms with Gasteiger partial charge in [0.15, 0.2) is 0 Å². The van der Waals surface area contributed by atoms with Crippen LogP contribution in [0.1, 0.15) is 0 Å². The maximum absolute atomic E-state index is 11.6. The van der Waals surface area contributed by atoms with E-state index in [4.69, 9.17) is 0 Å². The van der Waals surface area contributed by atoms with Gasteiger partial charge in [0.25, 0.3) is 10.1 Å². The highest BCUT2D eigenvalue weighted by atomic mass is 32.2. The van der Waals surface area contributed by atoms with Crippen LogP contribution >= 0.6 is 0 Å². The zero-order valence-corrected chi connectivity index (χ0v) is 15.1. The van der Waals surface area contributed by atoms with Crippen LogP contribution in [0.15, 0.2) is 81.9 Å². The van der Waals surface area contributed by atoms with E-state index >= 15 is 0 Å². The first-order valence-corrected chi connectivity index (χ1v) is 9.65. The number of azo groups is 1. The molecule has 0 saturated carbocycles. The van der Waals surface area contributed by atoms with Gasteiger partial charge in [0.2, 0.25) is 0 Å². The molecule has 0 fully saturated rings. The van der Waals surface area contributed by atoms with Gasteiger partial charge in [-0.2, -0.15) is 8.42 Å². The normalized spacial score (nSPS) is 12.2. The molecule has 140 valence electrons. The molecule has 4 aromatic carbocycles. The van der Waals surface area contributed by atoms with Crippen LogP contribution in [0.25, 0.3) is 21.5 Å². The number of benzene rings is 4. The fourth-order valence-corrected chi connectivity index (χ4v) is 3.80. The van der Waals surface area contributed by atoms with Gasteiger partial charge in [-0.1, -0.05) is 54.6 Å². The lowest BCUT2D eigenvalue weighted by Gasteiger charge is -2.09. The summed E-state index contributed by atoms with van der Waals surface area (Å²) in [5, 5.41) is 30.7. The van der Waals surface area contributed by atoms with E-state index in [1.807, 2.05) is 12.1 Å². The Morgan fingerprint density at radius 2 is 1.25 bits per heavy atom. The summed E-state index contributed by atoms with van der Waals surface area (Å²) in [4.78, 5) is -0.424. The van der Waals surface area contributed by atoms with Crippen molar-refractivity contribution in [2.45, 2.75) is 4.90 Å². The van der Waals surface area contributed by atoms with Gasteiger partial charge < -0.3 is 10.2 Å². The first kappa shape index (κ1) is 17.9. The molecule has 0 aliphatic heterocycles. The zero-order chi connectivity index (χ0) is 19.9. The molecule has 0 aliphatic carbocycles. The third-order valence-corrected chi connectivity index (χ3v) is 5.26. The van der Waals surface area contributed by atoms with Crippen molar-refractivity contribution in [1.29, 1.82) is 0 Å². The van der Waals surface area contributed by atoms with E-state index in [9.17, 15) is 23.2 Å². The molecule has 8 heteroatoms. The minimum absolute atomic E-state index is 0.0235. The van der Waals surface area contributed by atoms with Crippen molar-refractivity contribution in [2.75, 3.05) is 0 Å². The van der Waals surface area contributed by atoms with Gasteiger partial charge in [-0.25, -0.2) is 0 Å². The van der Waals surface area contributed by atoms with E-state index in [-0.39, 0.29) is 22.5 Å². The van der Waals surface area contributed by atoms with Crippen molar-refractivity contribution in [2.24, 2.45) is 10.2 Å². The third kappa shape index (κ3) is 3.04. The Kier molecular flexibility index (Phi) is 4.21. The standard InChI is InChI=1S/C20H14N2O5S/c23-16-10-9-12-5-1-2-6-13(12)19(16)21-22-20-15-8-4-3-7-14(15)18(11-17(20)24)28(25,26)27/h1-11,23-24H,(H,25,26,27)/b22-21+. The molecule has 0 atom stereocenters. The van der Waals surface area contributed by atoms with Crippen LogP contribution in [0.2, 0.25) is 0 Å². The van der Waals surface area contributed by atoms with Crippen LogP contribution in [0.4, 0.5) is 11.4 Å². The topological polar surface area (TPSA) is 120 Å². The summed E-state index contributed by atoms with van der Waals surface area (Å²) in [5.41, 5.74) is 0.246. The molecule has 4 rings (SSSR count). The minimum atomic E-state index is -4.54. The molecule has 0 amide bonds. The van der Waals surface area contributed by atoms with Crippen molar-refractivity contribution >= 4 is 43.0 Å². The minimum Gasteiger partial charge on any atom is -0.506 e. The Hall–Kier alpha value is -3.49. The predicted octanol–water partition coefficient (Wildman–Crippen LogP) is 5.07. The van der Waals surface area contributed by atoms with E-state index in [0.717, 1.165) is 11.5 Å². The fourth-order valence-electron chi connectivity index (χ4n) is 3.08. The average Bonchev–Trinajstić information content (AvgIpc) is 2.67. The van der Waals surface area contributed by atoms with Gasteiger partial charge >= 0.3 is 0 Å². The number of rotatable bonds is 3. The molecule has 28 heavy (non-hydrogen) atoms. The Labute approximate surface area is 160 Å². The molecule has 0 saturated heterocycles. The number of phenols is 2. The predicted molar refractivity (Wildman–Crippen MR) is 105 cm³/mol. The number of nitrogens with zero attached hydrogens (tertiary/aromatic N) is 2. The summed E-state index contributed by atoms with van der Waals surface area (Å²) in [6.07, 6.45) is 0. The summed E-state index contributed by atoms with van der Waals surface area (Å²) >= 11 is 0. The summed E-state index contributed by atoms with van der Waals surface area (Å²) < 4.78 is 32.7. The van der Waals surface area contributed by atoms with Crippen LogP contribution in [0.3, 0.4) is 0 Å². The Balaban J connectivity index is 1.95. The molecule has 4 aromatic rings. The lowest BCUT2D eigenvalue weighted by molar-refractivity contribution is 0.468. The second-order valence-corrected chi connectivity index (χ2v) is 7.51. The molecular weight excluding hydrogens is 380 g/mol. The SMILES string of the molecule is O=S(=O)(O)c1cc(O)c(/N=N/c2c(O)ccc3ccccc23)c2ccccc12. The van der Waals surface area contributed by atoms with E-state index in [2.05, 4.69) is 10.2 Å². The molecule has 0 aliphatic rings. The molecule has 0 radical (unpaired) electrons. The summed E-state index contributed by atoms with van der Waals surface area (Å²) in [6, 6.07) is 17.8. The van der Waals surface area contributed by atoms with Crippen molar-refractivity contribution < 1.29 is 23.2 Å². The van der Waals surface area contributed by atoms with Crippen molar-refractivity contribution in [3.63, 3.8) is 0 Å². The van der Waals surface area contributed by atoms with Crippen LogP contribution in [-0.2, 0) is 10.1 Å². The van der Waals surface area contributed by atoms with Crippen molar-refractivity contribution in [3.8, 4) is 11.5 Å². The van der Waals surface area contributed by atoms with Crippen LogP contribution < -0.4 is 0 Å². The molecule has 7 nitrogen and oxygen atoms in total. The maximum atomic E-state index is 11.6. The quantitative estimate of drug-likeness (QED) is 0.331. The van der Waals surface area contributed by atoms with Gasteiger partial charge in [-0.15, -0.1) is 10.2 Å². The smallest absolute Gasteiger partial charge is 0.295 e. The second kappa shape index (κ2) is 6.59. The average molecular weight is 394 g/mol. The highest BCUT2D eigenvalue weighted by Crippen LogP contribution is 2.41. The van der Waals surface area contributed by atoms with Gasteiger partial charge in [-0.3, -0.25) is 4.55 Å². The monoisotopic (exact) mass is 394 g/mol. The van der Waals surface area contributed by atoms with E-state index in [1.54, 1.807) is 36.4 Å². The van der Waals surface area contributed by atoms with Crippen LogP contribution in [0.5, 0.6) is 11.5 Å². The maximum Gasteiger partial charge on any atom is 0.295 e. The highest BCUT2D eigenvalue weighted by Gasteiger charge is 2.19. The van der Waals surface area contributed by atoms with Gasteiger partial charge in [0.1, 0.15) is 27.8 Å². The fraction of sp³-hybridized carbons (Fsp3) is 0. The third-order valence-electron chi connectivity index (χ3n) is 4.37. The first-order chi connectivity index (χ1) is 13.4. The second-order valence-electron chi connectivity index (χ2n) is 6.12. The first-order valence-electron chi connectivity index (χ1n) is 8.21. The van der Waals surface area contributed by atoms with E-state index in [0.29, 0.717) is 10.8 Å².